The average molecular weight is 326 g/mol. The van der Waals surface area contributed by atoms with E-state index in [0.717, 1.165) is 16.7 Å². The highest BCUT2D eigenvalue weighted by molar-refractivity contribution is 5.96. The zero-order valence-electron chi connectivity index (χ0n) is 15.3. The van der Waals surface area contributed by atoms with E-state index >= 15 is 0 Å². The van der Waals surface area contributed by atoms with Gasteiger partial charge < -0.3 is 10.2 Å². The van der Waals surface area contributed by atoms with E-state index in [-0.39, 0.29) is 16.4 Å². The number of carboxylic acids is 1. The summed E-state index contributed by atoms with van der Waals surface area (Å²) in [4.78, 5) is 11.6. The minimum atomic E-state index is -0.951. The summed E-state index contributed by atoms with van der Waals surface area (Å²) in [5.41, 5.74) is 2.90. The molecule has 24 heavy (non-hydrogen) atoms. The summed E-state index contributed by atoms with van der Waals surface area (Å²) in [6, 6.07) is 10.8. The first-order valence-corrected chi connectivity index (χ1v) is 8.13. The molecule has 0 saturated carbocycles. The second kappa shape index (κ2) is 5.97. The number of phenols is 1. The van der Waals surface area contributed by atoms with Gasteiger partial charge in [0.2, 0.25) is 0 Å². The minimum Gasteiger partial charge on any atom is -0.507 e. The summed E-state index contributed by atoms with van der Waals surface area (Å²) < 4.78 is 0. The van der Waals surface area contributed by atoms with Crippen LogP contribution in [0.3, 0.4) is 0 Å². The van der Waals surface area contributed by atoms with Crippen molar-refractivity contribution in [2.24, 2.45) is 0 Å². The van der Waals surface area contributed by atoms with Crippen LogP contribution in [0.5, 0.6) is 5.75 Å². The van der Waals surface area contributed by atoms with Gasteiger partial charge in [0.25, 0.3) is 0 Å². The largest absolute Gasteiger partial charge is 0.507 e. The number of carbonyl (C=O) groups is 1. The summed E-state index contributed by atoms with van der Waals surface area (Å²) in [5, 5.41) is 20.3. The first-order chi connectivity index (χ1) is 10.9. The minimum absolute atomic E-state index is 0.252. The highest BCUT2D eigenvalue weighted by Crippen LogP contribution is 2.42. The van der Waals surface area contributed by atoms with Crippen LogP contribution in [-0.2, 0) is 10.8 Å². The normalized spacial score (nSPS) is 12.2. The van der Waals surface area contributed by atoms with Gasteiger partial charge in [-0.2, -0.15) is 0 Å². The lowest BCUT2D eigenvalue weighted by Crippen LogP contribution is -2.17. The van der Waals surface area contributed by atoms with Crippen molar-refractivity contribution >= 4 is 5.97 Å². The van der Waals surface area contributed by atoms with E-state index in [4.69, 9.17) is 0 Å². The molecule has 2 aromatic carbocycles. The SMILES string of the molecule is CC(C)(C)c1cc(-c2ccccc2C(=O)O)cc(C(C)(C)C)c1O. The molecule has 0 aromatic heterocycles. The Morgan fingerprint density at radius 3 is 1.75 bits per heavy atom. The quantitative estimate of drug-likeness (QED) is 0.782. The van der Waals surface area contributed by atoms with Crippen LogP contribution in [0, 0.1) is 0 Å². The maximum absolute atomic E-state index is 11.6. The van der Waals surface area contributed by atoms with E-state index in [2.05, 4.69) is 0 Å². The summed E-state index contributed by atoms with van der Waals surface area (Å²) in [6.07, 6.45) is 0. The Bertz CT molecular complexity index is 739. The lowest BCUT2D eigenvalue weighted by atomic mass is 9.77. The summed E-state index contributed by atoms with van der Waals surface area (Å²) >= 11 is 0. The molecule has 3 nitrogen and oxygen atoms in total. The van der Waals surface area contributed by atoms with Crippen molar-refractivity contribution in [2.75, 3.05) is 0 Å². The monoisotopic (exact) mass is 326 g/mol. The van der Waals surface area contributed by atoms with E-state index in [0.29, 0.717) is 11.3 Å². The van der Waals surface area contributed by atoms with E-state index in [9.17, 15) is 15.0 Å². The predicted molar refractivity (Wildman–Crippen MR) is 97.9 cm³/mol. The van der Waals surface area contributed by atoms with E-state index < -0.39 is 5.97 Å². The summed E-state index contributed by atoms with van der Waals surface area (Å²) in [7, 11) is 0. The first kappa shape index (κ1) is 18.1. The molecule has 0 aliphatic carbocycles. The Hall–Kier alpha value is -2.29. The molecular weight excluding hydrogens is 300 g/mol. The molecule has 0 heterocycles. The average Bonchev–Trinajstić information content (AvgIpc) is 2.45. The van der Waals surface area contributed by atoms with Crippen molar-refractivity contribution in [2.45, 2.75) is 52.4 Å². The zero-order chi connectivity index (χ0) is 18.3. The molecule has 0 amide bonds. The number of carboxylic acid groups (broad SMARTS) is 1. The fourth-order valence-electron chi connectivity index (χ4n) is 2.85. The number of aromatic hydroxyl groups is 1. The Morgan fingerprint density at radius 1 is 0.875 bits per heavy atom. The molecule has 2 aromatic rings. The molecular formula is C21H26O3. The van der Waals surface area contributed by atoms with Crippen molar-refractivity contribution in [3.63, 3.8) is 0 Å². The molecule has 0 aliphatic heterocycles. The summed E-state index contributed by atoms with van der Waals surface area (Å²) in [5.74, 6) is -0.653. The molecule has 2 N–H and O–H groups in total. The van der Waals surface area contributed by atoms with Gasteiger partial charge in [-0.25, -0.2) is 4.79 Å². The van der Waals surface area contributed by atoms with Crippen LogP contribution in [0.1, 0.15) is 63.0 Å². The van der Waals surface area contributed by atoms with E-state index in [1.165, 1.54) is 0 Å². The Labute approximate surface area is 144 Å². The van der Waals surface area contributed by atoms with Crippen molar-refractivity contribution in [1.82, 2.24) is 0 Å². The molecule has 128 valence electrons. The van der Waals surface area contributed by atoms with Crippen LogP contribution >= 0.6 is 0 Å². The van der Waals surface area contributed by atoms with Crippen LogP contribution in [0.2, 0.25) is 0 Å². The Morgan fingerprint density at radius 2 is 1.33 bits per heavy atom. The van der Waals surface area contributed by atoms with Crippen LogP contribution < -0.4 is 0 Å². The predicted octanol–water partition coefficient (Wildman–Crippen LogP) is 5.35. The molecule has 2 rings (SSSR count). The van der Waals surface area contributed by atoms with Crippen molar-refractivity contribution in [3.05, 3.63) is 53.1 Å². The van der Waals surface area contributed by atoms with Gasteiger partial charge >= 0.3 is 5.97 Å². The molecule has 0 aliphatic rings. The van der Waals surface area contributed by atoms with Gasteiger partial charge in [-0.05, 0) is 40.2 Å². The van der Waals surface area contributed by atoms with Gasteiger partial charge in [0.1, 0.15) is 5.75 Å². The third kappa shape index (κ3) is 3.45. The Balaban J connectivity index is 2.84. The fraction of sp³-hybridized carbons (Fsp3) is 0.381. The van der Waals surface area contributed by atoms with Gasteiger partial charge in [-0.1, -0.05) is 59.7 Å². The topological polar surface area (TPSA) is 57.5 Å². The van der Waals surface area contributed by atoms with Crippen LogP contribution in [0.4, 0.5) is 0 Å². The van der Waals surface area contributed by atoms with E-state index in [1.807, 2.05) is 65.8 Å². The summed E-state index contributed by atoms with van der Waals surface area (Å²) in [6.45, 7) is 12.3. The number of hydrogen-bond donors (Lipinski definition) is 2. The standard InChI is InChI=1S/C21H26O3/c1-20(2,3)16-11-13(12-17(18(16)22)21(4,5)6)14-9-7-8-10-15(14)19(23)24/h7-12,22H,1-6H3,(H,23,24). The smallest absolute Gasteiger partial charge is 0.336 e. The highest BCUT2D eigenvalue weighted by Gasteiger charge is 2.27. The van der Waals surface area contributed by atoms with Gasteiger partial charge in [0, 0.05) is 11.1 Å². The molecule has 0 bridgehead atoms. The molecule has 0 fully saturated rings. The Kier molecular flexibility index (Phi) is 4.49. The van der Waals surface area contributed by atoms with Gasteiger partial charge in [0.15, 0.2) is 0 Å². The van der Waals surface area contributed by atoms with Gasteiger partial charge in [0.05, 0.1) is 5.56 Å². The van der Waals surface area contributed by atoms with Crippen LogP contribution in [-0.4, -0.2) is 16.2 Å². The van der Waals surface area contributed by atoms with Gasteiger partial charge in [-0.3, -0.25) is 0 Å². The van der Waals surface area contributed by atoms with Crippen molar-refractivity contribution < 1.29 is 15.0 Å². The molecule has 0 saturated heterocycles. The number of benzene rings is 2. The second-order valence-electron chi connectivity index (χ2n) is 8.27. The number of phenolic OH excluding ortho intramolecular Hbond substituents is 1. The zero-order valence-corrected chi connectivity index (χ0v) is 15.3. The van der Waals surface area contributed by atoms with Crippen LogP contribution in [0.15, 0.2) is 36.4 Å². The highest BCUT2D eigenvalue weighted by atomic mass is 16.4. The number of rotatable bonds is 2. The third-order valence-corrected chi connectivity index (χ3v) is 4.19. The number of hydrogen-bond acceptors (Lipinski definition) is 2. The van der Waals surface area contributed by atoms with Crippen molar-refractivity contribution in [1.29, 1.82) is 0 Å². The third-order valence-electron chi connectivity index (χ3n) is 4.19. The van der Waals surface area contributed by atoms with E-state index in [1.54, 1.807) is 12.1 Å². The lowest BCUT2D eigenvalue weighted by Gasteiger charge is -2.28. The first-order valence-electron chi connectivity index (χ1n) is 8.13. The molecule has 0 radical (unpaired) electrons. The molecule has 0 unspecified atom stereocenters. The van der Waals surface area contributed by atoms with Gasteiger partial charge in [-0.15, -0.1) is 0 Å². The molecule has 0 spiro atoms. The maximum Gasteiger partial charge on any atom is 0.336 e. The molecule has 3 heteroatoms. The molecule has 0 atom stereocenters. The maximum atomic E-state index is 11.6. The fourth-order valence-corrected chi connectivity index (χ4v) is 2.85. The number of aromatic carboxylic acids is 1. The lowest BCUT2D eigenvalue weighted by molar-refractivity contribution is 0.0697. The van der Waals surface area contributed by atoms with Crippen LogP contribution in [0.25, 0.3) is 11.1 Å². The van der Waals surface area contributed by atoms with Crippen molar-refractivity contribution in [3.8, 4) is 16.9 Å². The second-order valence-corrected chi connectivity index (χ2v) is 8.27.